The Labute approximate surface area is 115 Å². The lowest BCUT2D eigenvalue weighted by molar-refractivity contribution is -0.887. The molecule has 1 aliphatic heterocycles. The Kier molecular flexibility index (Phi) is 4.38. The number of aryl methyl sites for hydroxylation is 1. The summed E-state index contributed by atoms with van der Waals surface area (Å²) >= 11 is 0. The number of hydrogen-bond acceptors (Lipinski definition) is 2. The summed E-state index contributed by atoms with van der Waals surface area (Å²) < 4.78 is -0.182. The number of nitrogens with zero attached hydrogens (tertiary/aromatic N) is 1. The minimum absolute atomic E-state index is 0.0962. The molecule has 0 amide bonds. The molecule has 1 aromatic rings. The number of hydrogen-bond donors (Lipinski definition) is 0. The lowest BCUT2D eigenvalue weighted by atomic mass is 9.97. The van der Waals surface area contributed by atoms with Gasteiger partial charge in [-0.2, -0.15) is 0 Å². The van der Waals surface area contributed by atoms with E-state index in [2.05, 4.69) is 0 Å². The van der Waals surface area contributed by atoms with Crippen molar-refractivity contribution < 1.29 is 9.44 Å². The van der Waals surface area contributed by atoms with Gasteiger partial charge in [0.25, 0.3) is 0 Å². The van der Waals surface area contributed by atoms with E-state index < -0.39 is 0 Å². The van der Waals surface area contributed by atoms with E-state index in [0.717, 1.165) is 30.4 Å². The van der Waals surface area contributed by atoms with E-state index in [1.165, 1.54) is 0 Å². The van der Waals surface area contributed by atoms with E-state index in [1.807, 2.05) is 38.1 Å². The fraction of sp³-hybridized carbons (Fsp3) is 0.562. The Morgan fingerprint density at radius 3 is 2.37 bits per heavy atom. The summed E-state index contributed by atoms with van der Waals surface area (Å²) in [6, 6.07) is 7.61. The van der Waals surface area contributed by atoms with Crippen LogP contribution in [0, 0.1) is 18.0 Å². The Bertz CT molecular complexity index is 433. The van der Waals surface area contributed by atoms with Crippen LogP contribution in [0.2, 0.25) is 0 Å². The van der Waals surface area contributed by atoms with E-state index in [9.17, 15) is 10.0 Å². The summed E-state index contributed by atoms with van der Waals surface area (Å²) in [6.45, 7) is 5.65. The zero-order chi connectivity index (χ0) is 13.9. The molecule has 3 heteroatoms. The van der Waals surface area contributed by atoms with Crippen LogP contribution >= 0.6 is 0 Å². The minimum Gasteiger partial charge on any atom is -0.633 e. The van der Waals surface area contributed by atoms with Crippen LogP contribution in [-0.4, -0.2) is 30.1 Å². The zero-order valence-electron chi connectivity index (χ0n) is 11.9. The van der Waals surface area contributed by atoms with Crippen LogP contribution in [0.4, 0.5) is 0 Å². The average Bonchev–Trinajstić information content (AvgIpc) is 2.39. The molecular formula is C16H23NO2. The molecule has 2 rings (SSSR count). The monoisotopic (exact) mass is 261 g/mol. The van der Waals surface area contributed by atoms with Crippen LogP contribution in [-0.2, 0) is 0 Å². The van der Waals surface area contributed by atoms with Gasteiger partial charge < -0.3 is 9.85 Å². The van der Waals surface area contributed by atoms with Crippen molar-refractivity contribution in [1.29, 1.82) is 0 Å². The normalized spacial score (nSPS) is 19.9. The minimum atomic E-state index is -0.196. The fourth-order valence-corrected chi connectivity index (χ4v) is 2.86. The number of carbonyl (C=O) groups excluding carboxylic acids is 1. The maximum atomic E-state index is 12.5. The molecule has 0 spiro atoms. The Morgan fingerprint density at radius 1 is 1.21 bits per heavy atom. The molecular weight excluding hydrogens is 238 g/mol. The van der Waals surface area contributed by atoms with Crippen molar-refractivity contribution in [1.82, 2.24) is 0 Å². The Hall–Kier alpha value is -1.19. The number of likely N-dealkylation sites (tertiary alicyclic amines) is 1. The zero-order valence-corrected chi connectivity index (χ0v) is 11.9. The summed E-state index contributed by atoms with van der Waals surface area (Å²) in [7, 11) is 0. The first-order chi connectivity index (χ1) is 9.00. The van der Waals surface area contributed by atoms with Gasteiger partial charge in [-0.1, -0.05) is 29.8 Å². The molecule has 1 atom stereocenters. The number of hydroxylamine groups is 3. The van der Waals surface area contributed by atoms with Crippen molar-refractivity contribution in [2.75, 3.05) is 19.6 Å². The molecule has 19 heavy (non-hydrogen) atoms. The number of benzene rings is 1. The molecule has 1 heterocycles. The van der Waals surface area contributed by atoms with Gasteiger partial charge in [0.1, 0.15) is 0 Å². The summed E-state index contributed by atoms with van der Waals surface area (Å²) in [4.78, 5) is 12.3. The molecule has 104 valence electrons. The predicted molar refractivity (Wildman–Crippen MR) is 76.8 cm³/mol. The van der Waals surface area contributed by atoms with E-state index >= 15 is 0 Å². The number of rotatable bonds is 4. The summed E-state index contributed by atoms with van der Waals surface area (Å²) in [5, 5.41) is 12.5. The van der Waals surface area contributed by atoms with Gasteiger partial charge in [0.05, 0.1) is 25.6 Å². The Morgan fingerprint density at radius 2 is 1.79 bits per heavy atom. The molecule has 0 saturated carbocycles. The van der Waals surface area contributed by atoms with Crippen molar-refractivity contribution in [2.24, 2.45) is 5.92 Å². The van der Waals surface area contributed by atoms with E-state index in [4.69, 9.17) is 0 Å². The topological polar surface area (TPSA) is 40.1 Å². The summed E-state index contributed by atoms with van der Waals surface area (Å²) in [5.74, 6) is -0.0998. The summed E-state index contributed by atoms with van der Waals surface area (Å²) in [6.07, 6.45) is 3.15. The highest BCUT2D eigenvalue weighted by atomic mass is 16.5. The molecule has 0 bridgehead atoms. The third-order valence-corrected chi connectivity index (χ3v) is 4.02. The molecule has 0 aromatic heterocycles. The molecule has 1 saturated heterocycles. The predicted octanol–water partition coefficient (Wildman–Crippen LogP) is 3.31. The molecule has 0 radical (unpaired) electrons. The van der Waals surface area contributed by atoms with Gasteiger partial charge in [0.15, 0.2) is 5.78 Å². The molecule has 1 aromatic carbocycles. The maximum Gasteiger partial charge on any atom is 0.171 e. The van der Waals surface area contributed by atoms with Gasteiger partial charge in [0.2, 0.25) is 0 Å². The van der Waals surface area contributed by atoms with Crippen LogP contribution in [0.3, 0.4) is 0 Å². The molecule has 1 fully saturated rings. The first-order valence-electron chi connectivity index (χ1n) is 7.18. The number of carbonyl (C=O) groups is 1. The van der Waals surface area contributed by atoms with Crippen LogP contribution in [0.1, 0.15) is 42.1 Å². The highest BCUT2D eigenvalue weighted by molar-refractivity contribution is 5.97. The van der Waals surface area contributed by atoms with Crippen LogP contribution in [0.25, 0.3) is 0 Å². The number of quaternary nitrogens is 1. The van der Waals surface area contributed by atoms with Crippen LogP contribution < -0.4 is 0 Å². The van der Waals surface area contributed by atoms with E-state index in [1.54, 1.807) is 0 Å². The lowest BCUT2D eigenvalue weighted by Gasteiger charge is -2.46. The largest absolute Gasteiger partial charge is 0.633 e. The van der Waals surface area contributed by atoms with Crippen molar-refractivity contribution in [3.63, 3.8) is 0 Å². The molecule has 1 unspecified atom stereocenters. The maximum absolute atomic E-state index is 12.5. The van der Waals surface area contributed by atoms with Crippen molar-refractivity contribution in [3.8, 4) is 0 Å². The van der Waals surface area contributed by atoms with Crippen LogP contribution in [0.5, 0.6) is 0 Å². The third-order valence-electron chi connectivity index (χ3n) is 4.02. The smallest absolute Gasteiger partial charge is 0.171 e. The molecule has 0 aliphatic carbocycles. The average molecular weight is 261 g/mol. The second kappa shape index (κ2) is 5.85. The lowest BCUT2D eigenvalue weighted by Crippen LogP contribution is -2.49. The summed E-state index contributed by atoms with van der Waals surface area (Å²) in [5.41, 5.74) is 1.87. The highest BCUT2D eigenvalue weighted by Crippen LogP contribution is 2.21. The highest BCUT2D eigenvalue weighted by Gasteiger charge is 2.27. The first kappa shape index (κ1) is 14.2. The van der Waals surface area contributed by atoms with Crippen LogP contribution in [0.15, 0.2) is 24.3 Å². The third kappa shape index (κ3) is 3.64. The van der Waals surface area contributed by atoms with E-state index in [0.29, 0.717) is 19.6 Å². The van der Waals surface area contributed by atoms with Gasteiger partial charge in [-0.3, -0.25) is 4.79 Å². The number of piperidine rings is 1. The first-order valence-corrected chi connectivity index (χ1v) is 7.18. The molecule has 3 nitrogen and oxygen atoms in total. The van der Waals surface area contributed by atoms with Crippen molar-refractivity contribution in [3.05, 3.63) is 40.6 Å². The van der Waals surface area contributed by atoms with Gasteiger partial charge in [-0.15, -0.1) is 0 Å². The molecule has 0 N–H and O–H groups in total. The SMILES string of the molecule is Cc1ccc(C(=O)C(C)C[N+]2([O-])CCCCC2)cc1. The van der Waals surface area contributed by atoms with Crippen molar-refractivity contribution in [2.45, 2.75) is 33.1 Å². The second-order valence-corrected chi connectivity index (χ2v) is 5.88. The van der Waals surface area contributed by atoms with Gasteiger partial charge in [0, 0.05) is 5.56 Å². The fourth-order valence-electron chi connectivity index (χ4n) is 2.86. The second-order valence-electron chi connectivity index (χ2n) is 5.88. The van der Waals surface area contributed by atoms with E-state index in [-0.39, 0.29) is 16.3 Å². The molecule has 1 aliphatic rings. The Balaban J connectivity index is 2.00. The van der Waals surface area contributed by atoms with Gasteiger partial charge in [-0.05, 0) is 33.1 Å². The van der Waals surface area contributed by atoms with Gasteiger partial charge >= 0.3 is 0 Å². The number of ketones is 1. The van der Waals surface area contributed by atoms with Crippen molar-refractivity contribution >= 4 is 5.78 Å². The quantitative estimate of drug-likeness (QED) is 0.474. The van der Waals surface area contributed by atoms with Gasteiger partial charge in [-0.25, -0.2) is 0 Å². The number of Topliss-reactive ketones (excluding diaryl/α,β-unsaturated/α-hetero) is 1. The standard InChI is InChI=1S/C16H23NO2/c1-13-6-8-15(9-7-13)16(18)14(2)12-17(19)10-4-3-5-11-17/h6-9,14H,3-5,10-12H2,1-2H3.